The maximum atomic E-state index is 11.9. The molecule has 0 aliphatic heterocycles. The Balaban J connectivity index is 2.12. The van der Waals surface area contributed by atoms with Crippen LogP contribution in [0.3, 0.4) is 0 Å². The SMILES string of the molecule is N#Cc1ccc(NC(=O)Nc2cc(Cl)ccc2Cl)c(Br)c1. The summed E-state index contributed by atoms with van der Waals surface area (Å²) < 4.78 is 0.605. The molecule has 0 saturated heterocycles. The summed E-state index contributed by atoms with van der Waals surface area (Å²) in [5, 5.41) is 14.9. The van der Waals surface area contributed by atoms with E-state index in [1.165, 1.54) is 0 Å². The van der Waals surface area contributed by atoms with Crippen molar-refractivity contribution in [2.45, 2.75) is 0 Å². The van der Waals surface area contributed by atoms with Crippen molar-refractivity contribution in [3.05, 3.63) is 56.5 Å². The van der Waals surface area contributed by atoms with Crippen LogP contribution < -0.4 is 10.6 Å². The molecule has 0 aromatic heterocycles. The first-order valence-corrected chi connectivity index (χ1v) is 7.27. The van der Waals surface area contributed by atoms with Gasteiger partial charge in [-0.25, -0.2) is 4.79 Å². The van der Waals surface area contributed by atoms with Crippen molar-refractivity contribution in [1.29, 1.82) is 5.26 Å². The Hall–Kier alpha value is -1.74. The number of nitriles is 1. The van der Waals surface area contributed by atoms with Crippen molar-refractivity contribution < 1.29 is 4.79 Å². The number of urea groups is 1. The number of amides is 2. The molecular formula is C14H8BrCl2N3O. The summed E-state index contributed by atoms with van der Waals surface area (Å²) >= 11 is 15.1. The second kappa shape index (κ2) is 6.81. The number of rotatable bonds is 2. The molecule has 2 amide bonds. The van der Waals surface area contributed by atoms with Gasteiger partial charge in [0.2, 0.25) is 0 Å². The zero-order valence-corrected chi connectivity index (χ0v) is 13.6. The van der Waals surface area contributed by atoms with E-state index in [0.717, 1.165) is 0 Å². The molecule has 2 aromatic rings. The number of hydrogen-bond donors (Lipinski definition) is 2. The molecule has 0 aliphatic carbocycles. The van der Waals surface area contributed by atoms with Crippen LogP contribution in [0, 0.1) is 11.3 Å². The normalized spacial score (nSPS) is 9.81. The lowest BCUT2D eigenvalue weighted by atomic mass is 10.2. The van der Waals surface area contributed by atoms with E-state index in [1.54, 1.807) is 36.4 Å². The first-order valence-electron chi connectivity index (χ1n) is 5.72. The number of carbonyl (C=O) groups is 1. The van der Waals surface area contributed by atoms with Crippen LogP contribution in [-0.4, -0.2) is 6.03 Å². The summed E-state index contributed by atoms with van der Waals surface area (Å²) in [6.45, 7) is 0. The van der Waals surface area contributed by atoms with Gasteiger partial charge in [-0.15, -0.1) is 0 Å². The van der Waals surface area contributed by atoms with E-state index in [2.05, 4.69) is 26.6 Å². The van der Waals surface area contributed by atoms with Crippen LogP contribution >= 0.6 is 39.1 Å². The van der Waals surface area contributed by atoms with Gasteiger partial charge in [-0.3, -0.25) is 0 Å². The highest BCUT2D eigenvalue weighted by molar-refractivity contribution is 9.10. The van der Waals surface area contributed by atoms with Gasteiger partial charge in [0.25, 0.3) is 0 Å². The first-order chi connectivity index (χ1) is 9.99. The van der Waals surface area contributed by atoms with Crippen LogP contribution in [0.4, 0.5) is 16.2 Å². The summed E-state index contributed by atoms with van der Waals surface area (Å²) in [6, 6.07) is 11.2. The Morgan fingerprint density at radius 3 is 2.48 bits per heavy atom. The number of anilines is 2. The Labute approximate surface area is 139 Å². The number of carbonyl (C=O) groups excluding carboxylic acids is 1. The molecule has 0 spiro atoms. The summed E-state index contributed by atoms with van der Waals surface area (Å²) in [5.41, 5.74) is 1.43. The number of nitrogens with zero attached hydrogens (tertiary/aromatic N) is 1. The van der Waals surface area contributed by atoms with E-state index in [4.69, 9.17) is 28.5 Å². The summed E-state index contributed by atoms with van der Waals surface area (Å²) in [7, 11) is 0. The smallest absolute Gasteiger partial charge is 0.307 e. The van der Waals surface area contributed by atoms with Crippen LogP contribution in [0.25, 0.3) is 0 Å². The molecular weight excluding hydrogens is 377 g/mol. The Bertz CT molecular complexity index is 743. The molecule has 0 radical (unpaired) electrons. The van der Waals surface area contributed by atoms with Crippen molar-refractivity contribution in [3.63, 3.8) is 0 Å². The monoisotopic (exact) mass is 383 g/mol. The largest absolute Gasteiger partial charge is 0.323 e. The van der Waals surface area contributed by atoms with Crippen molar-refractivity contribution in [2.24, 2.45) is 0 Å². The predicted octanol–water partition coefficient (Wildman–Crippen LogP) is 5.27. The summed E-state index contributed by atoms with van der Waals surface area (Å²) in [6.07, 6.45) is 0. The number of hydrogen-bond acceptors (Lipinski definition) is 2. The highest BCUT2D eigenvalue weighted by Crippen LogP contribution is 2.27. The van der Waals surface area contributed by atoms with Gasteiger partial charge in [0.15, 0.2) is 0 Å². The minimum absolute atomic E-state index is 0.383. The predicted molar refractivity (Wildman–Crippen MR) is 88.0 cm³/mol. The minimum atomic E-state index is -0.468. The lowest BCUT2D eigenvalue weighted by Gasteiger charge is -2.10. The number of benzene rings is 2. The van der Waals surface area contributed by atoms with E-state index in [9.17, 15) is 4.79 Å². The van der Waals surface area contributed by atoms with Gasteiger partial charge in [0, 0.05) is 9.50 Å². The van der Waals surface area contributed by atoms with Crippen molar-refractivity contribution in [1.82, 2.24) is 0 Å². The van der Waals surface area contributed by atoms with Gasteiger partial charge >= 0.3 is 6.03 Å². The molecule has 0 bridgehead atoms. The molecule has 0 aliphatic rings. The van der Waals surface area contributed by atoms with Gasteiger partial charge in [0.1, 0.15) is 0 Å². The maximum absolute atomic E-state index is 11.9. The van der Waals surface area contributed by atoms with Crippen LogP contribution in [0.15, 0.2) is 40.9 Å². The molecule has 4 nitrogen and oxygen atoms in total. The van der Waals surface area contributed by atoms with Gasteiger partial charge in [0.05, 0.1) is 28.0 Å². The van der Waals surface area contributed by atoms with Crippen LogP contribution in [0.2, 0.25) is 10.0 Å². The van der Waals surface area contributed by atoms with Crippen molar-refractivity contribution in [3.8, 4) is 6.07 Å². The molecule has 0 fully saturated rings. The van der Waals surface area contributed by atoms with Crippen molar-refractivity contribution >= 4 is 56.5 Å². The standard InChI is InChI=1S/C14H8BrCl2N3O/c15-10-5-8(7-18)1-4-12(10)19-14(21)20-13-6-9(16)2-3-11(13)17/h1-6H,(H2,19,20,21). The fourth-order valence-electron chi connectivity index (χ4n) is 1.56. The Morgan fingerprint density at radius 2 is 1.81 bits per heavy atom. The minimum Gasteiger partial charge on any atom is -0.307 e. The van der Waals surface area contributed by atoms with Gasteiger partial charge in [-0.05, 0) is 52.3 Å². The summed E-state index contributed by atoms with van der Waals surface area (Å²) in [4.78, 5) is 11.9. The fourth-order valence-corrected chi connectivity index (χ4v) is 2.37. The first kappa shape index (κ1) is 15.6. The second-order valence-corrected chi connectivity index (χ2v) is 5.71. The average molecular weight is 385 g/mol. The Kier molecular flexibility index (Phi) is 5.07. The van der Waals surface area contributed by atoms with Crippen LogP contribution in [-0.2, 0) is 0 Å². The Morgan fingerprint density at radius 1 is 1.10 bits per heavy atom. The summed E-state index contributed by atoms with van der Waals surface area (Å²) in [5.74, 6) is 0. The molecule has 106 valence electrons. The molecule has 2 rings (SSSR count). The maximum Gasteiger partial charge on any atom is 0.323 e. The zero-order valence-electron chi connectivity index (χ0n) is 10.5. The quantitative estimate of drug-likeness (QED) is 0.740. The van der Waals surface area contributed by atoms with Crippen LogP contribution in [0.5, 0.6) is 0 Å². The third-order valence-electron chi connectivity index (χ3n) is 2.52. The molecule has 21 heavy (non-hydrogen) atoms. The molecule has 0 heterocycles. The fraction of sp³-hybridized carbons (Fsp3) is 0. The van der Waals surface area contributed by atoms with E-state index in [0.29, 0.717) is 31.5 Å². The molecule has 0 atom stereocenters. The molecule has 2 N–H and O–H groups in total. The number of nitrogens with one attached hydrogen (secondary N) is 2. The highest BCUT2D eigenvalue weighted by Gasteiger charge is 2.09. The van der Waals surface area contributed by atoms with E-state index < -0.39 is 6.03 Å². The molecule has 7 heteroatoms. The lowest BCUT2D eigenvalue weighted by molar-refractivity contribution is 0.262. The average Bonchev–Trinajstić information content (AvgIpc) is 2.45. The highest BCUT2D eigenvalue weighted by atomic mass is 79.9. The molecule has 0 unspecified atom stereocenters. The molecule has 2 aromatic carbocycles. The second-order valence-electron chi connectivity index (χ2n) is 4.01. The van der Waals surface area contributed by atoms with Gasteiger partial charge in [-0.2, -0.15) is 5.26 Å². The van der Waals surface area contributed by atoms with Crippen molar-refractivity contribution in [2.75, 3.05) is 10.6 Å². The third kappa shape index (κ3) is 4.11. The van der Waals surface area contributed by atoms with E-state index in [-0.39, 0.29) is 0 Å². The third-order valence-corrected chi connectivity index (χ3v) is 3.74. The van der Waals surface area contributed by atoms with Gasteiger partial charge < -0.3 is 10.6 Å². The van der Waals surface area contributed by atoms with E-state index >= 15 is 0 Å². The topological polar surface area (TPSA) is 64.9 Å². The van der Waals surface area contributed by atoms with Gasteiger partial charge in [-0.1, -0.05) is 23.2 Å². The molecule has 0 saturated carbocycles. The lowest BCUT2D eigenvalue weighted by Crippen LogP contribution is -2.19. The number of halogens is 3. The van der Waals surface area contributed by atoms with Crippen LogP contribution in [0.1, 0.15) is 5.56 Å². The zero-order chi connectivity index (χ0) is 15.4. The van der Waals surface area contributed by atoms with E-state index in [1.807, 2.05) is 6.07 Å².